The van der Waals surface area contributed by atoms with E-state index in [0.29, 0.717) is 12.2 Å². The van der Waals surface area contributed by atoms with Gasteiger partial charge in [0.15, 0.2) is 5.76 Å². The quantitative estimate of drug-likeness (QED) is 0.652. The predicted octanol–water partition coefficient (Wildman–Crippen LogP) is -0.346. The number of nitrogens with zero attached hydrogens (tertiary/aromatic N) is 1. The second-order valence-corrected chi connectivity index (χ2v) is 2.92. The molecule has 1 aromatic heterocycles. The Balaban J connectivity index is 2.64. The number of rotatable bonds is 3. The van der Waals surface area contributed by atoms with Crippen LogP contribution in [-0.2, 0) is 6.42 Å². The molecule has 0 bridgehead atoms. The van der Waals surface area contributed by atoms with E-state index in [4.69, 9.17) is 10.3 Å². The number of anilines is 1. The zero-order valence-electron chi connectivity index (χ0n) is 7.26. The maximum absolute atomic E-state index is 10.8. The molecule has 3 N–H and O–H groups in total. The Morgan fingerprint density at radius 1 is 1.58 bits per heavy atom. The summed E-state index contributed by atoms with van der Waals surface area (Å²) in [5, 5.41) is 2.19. The van der Waals surface area contributed by atoms with Gasteiger partial charge in [-0.25, -0.2) is 0 Å². The number of aromatic nitrogens is 1. The maximum atomic E-state index is 10.8. The smallest absolute Gasteiger partial charge is 0.303 e. The third kappa shape index (κ3) is 1.88. The van der Waals surface area contributed by atoms with Gasteiger partial charge in [-0.3, -0.25) is 4.79 Å². The van der Waals surface area contributed by atoms with Crippen molar-refractivity contribution in [3.8, 4) is 0 Å². The maximum Gasteiger partial charge on any atom is 0.303 e. The SMILES string of the molecule is CN(C)CCc1o[nH]c(=O)c1N. The third-order valence-electron chi connectivity index (χ3n) is 1.60. The fourth-order valence-electron chi connectivity index (χ4n) is 0.855. The number of likely N-dealkylation sites (N-methyl/N-ethyl adjacent to an activating group) is 1. The molecule has 1 rings (SSSR count). The molecule has 0 saturated heterocycles. The standard InChI is InChI=1S/C7H13N3O2/c1-10(2)4-3-5-6(8)7(11)9-12-5/h3-4,8H2,1-2H3,(H,9,11). The van der Waals surface area contributed by atoms with Gasteiger partial charge >= 0.3 is 5.56 Å². The minimum Gasteiger partial charge on any atom is -0.391 e. The molecule has 5 nitrogen and oxygen atoms in total. The summed E-state index contributed by atoms with van der Waals surface area (Å²) in [7, 11) is 3.89. The van der Waals surface area contributed by atoms with Crippen LogP contribution in [0.25, 0.3) is 0 Å². The summed E-state index contributed by atoms with van der Waals surface area (Å²) in [5.41, 5.74) is 5.28. The van der Waals surface area contributed by atoms with Crippen LogP contribution < -0.4 is 11.3 Å². The minimum atomic E-state index is -0.344. The number of nitrogens with one attached hydrogen (secondary N) is 1. The number of nitrogen functional groups attached to an aromatic ring is 1. The molecule has 0 fully saturated rings. The van der Waals surface area contributed by atoms with Gasteiger partial charge in [0.05, 0.1) is 0 Å². The lowest BCUT2D eigenvalue weighted by molar-refractivity contribution is 0.347. The van der Waals surface area contributed by atoms with Crippen molar-refractivity contribution in [2.75, 3.05) is 26.4 Å². The van der Waals surface area contributed by atoms with Gasteiger partial charge in [-0.15, -0.1) is 0 Å². The summed E-state index contributed by atoms with van der Waals surface area (Å²) in [4.78, 5) is 12.8. The van der Waals surface area contributed by atoms with Gasteiger partial charge in [-0.2, -0.15) is 5.16 Å². The summed E-state index contributed by atoms with van der Waals surface area (Å²) in [5.74, 6) is 0.536. The highest BCUT2D eigenvalue weighted by molar-refractivity contribution is 5.38. The Labute approximate surface area is 70.1 Å². The fraction of sp³-hybridized carbons (Fsp3) is 0.571. The lowest BCUT2D eigenvalue weighted by Gasteiger charge is -2.06. The molecular formula is C7H13N3O2. The molecule has 1 aromatic rings. The van der Waals surface area contributed by atoms with Crippen molar-refractivity contribution in [2.45, 2.75) is 6.42 Å². The second kappa shape index (κ2) is 3.44. The fourth-order valence-corrected chi connectivity index (χ4v) is 0.855. The molecule has 0 unspecified atom stereocenters. The van der Waals surface area contributed by atoms with E-state index in [0.717, 1.165) is 6.54 Å². The van der Waals surface area contributed by atoms with Crippen molar-refractivity contribution >= 4 is 5.69 Å². The van der Waals surface area contributed by atoms with Gasteiger partial charge in [0.1, 0.15) is 5.69 Å². The molecule has 68 valence electrons. The van der Waals surface area contributed by atoms with Crippen molar-refractivity contribution in [1.82, 2.24) is 10.1 Å². The molecule has 0 aromatic carbocycles. The van der Waals surface area contributed by atoms with Crippen LogP contribution in [0.3, 0.4) is 0 Å². The Morgan fingerprint density at radius 2 is 2.25 bits per heavy atom. The summed E-state index contributed by atoms with van der Waals surface area (Å²) in [6.07, 6.45) is 0.650. The van der Waals surface area contributed by atoms with Gasteiger partial charge in [0.25, 0.3) is 0 Å². The van der Waals surface area contributed by atoms with Crippen molar-refractivity contribution in [3.63, 3.8) is 0 Å². The summed E-state index contributed by atoms with van der Waals surface area (Å²) < 4.78 is 4.86. The molecule has 0 radical (unpaired) electrons. The third-order valence-corrected chi connectivity index (χ3v) is 1.60. The van der Waals surface area contributed by atoms with E-state index in [2.05, 4.69) is 5.16 Å². The van der Waals surface area contributed by atoms with Crippen LogP contribution in [0.1, 0.15) is 5.76 Å². The van der Waals surface area contributed by atoms with Crippen molar-refractivity contribution < 1.29 is 4.52 Å². The van der Waals surface area contributed by atoms with Crippen LogP contribution in [0.2, 0.25) is 0 Å². The molecule has 0 aliphatic carbocycles. The molecule has 1 heterocycles. The first-order chi connectivity index (χ1) is 5.61. The summed E-state index contributed by atoms with van der Waals surface area (Å²) in [6.45, 7) is 0.811. The average Bonchev–Trinajstić information content (AvgIpc) is 2.30. The molecule has 0 atom stereocenters. The topological polar surface area (TPSA) is 75.3 Å². The Kier molecular flexibility index (Phi) is 2.54. The normalized spacial score (nSPS) is 10.9. The average molecular weight is 171 g/mol. The Morgan fingerprint density at radius 3 is 2.67 bits per heavy atom. The minimum absolute atomic E-state index is 0.192. The first-order valence-corrected chi connectivity index (χ1v) is 3.72. The largest absolute Gasteiger partial charge is 0.391 e. The first kappa shape index (κ1) is 8.86. The molecule has 0 aliphatic rings. The lowest BCUT2D eigenvalue weighted by atomic mass is 10.3. The van der Waals surface area contributed by atoms with Gasteiger partial charge in [-0.05, 0) is 14.1 Å². The number of aromatic amines is 1. The second-order valence-electron chi connectivity index (χ2n) is 2.92. The molecule has 0 spiro atoms. The highest BCUT2D eigenvalue weighted by Crippen LogP contribution is 2.04. The van der Waals surface area contributed by atoms with Crippen molar-refractivity contribution in [1.29, 1.82) is 0 Å². The monoisotopic (exact) mass is 171 g/mol. The Hall–Kier alpha value is -1.23. The zero-order valence-corrected chi connectivity index (χ0v) is 7.26. The molecular weight excluding hydrogens is 158 g/mol. The van der Waals surface area contributed by atoms with E-state index in [9.17, 15) is 4.79 Å². The van der Waals surface area contributed by atoms with E-state index in [1.54, 1.807) is 0 Å². The number of H-pyrrole nitrogens is 1. The van der Waals surface area contributed by atoms with Crippen LogP contribution in [0.5, 0.6) is 0 Å². The zero-order chi connectivity index (χ0) is 9.14. The first-order valence-electron chi connectivity index (χ1n) is 3.72. The summed E-state index contributed by atoms with van der Waals surface area (Å²) in [6, 6.07) is 0. The van der Waals surface area contributed by atoms with Crippen molar-refractivity contribution in [2.24, 2.45) is 0 Å². The molecule has 0 saturated carbocycles. The predicted molar refractivity (Wildman–Crippen MR) is 46.0 cm³/mol. The molecule has 5 heteroatoms. The van der Waals surface area contributed by atoms with E-state index < -0.39 is 0 Å². The van der Waals surface area contributed by atoms with Crippen molar-refractivity contribution in [3.05, 3.63) is 16.1 Å². The highest BCUT2D eigenvalue weighted by Gasteiger charge is 2.07. The molecule has 12 heavy (non-hydrogen) atoms. The van der Waals surface area contributed by atoms with E-state index >= 15 is 0 Å². The highest BCUT2D eigenvalue weighted by atomic mass is 16.5. The van der Waals surface area contributed by atoms with E-state index in [1.165, 1.54) is 0 Å². The van der Waals surface area contributed by atoms with E-state index in [1.807, 2.05) is 19.0 Å². The molecule has 0 amide bonds. The number of hydrogen-bond donors (Lipinski definition) is 2. The van der Waals surface area contributed by atoms with Crippen LogP contribution in [0.15, 0.2) is 9.32 Å². The number of nitrogens with two attached hydrogens (primary N) is 1. The van der Waals surface area contributed by atoms with Crippen LogP contribution >= 0.6 is 0 Å². The van der Waals surface area contributed by atoms with Gasteiger partial charge in [-0.1, -0.05) is 0 Å². The van der Waals surface area contributed by atoms with Gasteiger partial charge in [0, 0.05) is 13.0 Å². The van der Waals surface area contributed by atoms with Crippen LogP contribution in [0.4, 0.5) is 5.69 Å². The Bertz CT molecular complexity index is 300. The van der Waals surface area contributed by atoms with Gasteiger partial charge in [0.2, 0.25) is 0 Å². The van der Waals surface area contributed by atoms with E-state index in [-0.39, 0.29) is 11.2 Å². The summed E-state index contributed by atoms with van der Waals surface area (Å²) >= 11 is 0. The van der Waals surface area contributed by atoms with Crippen LogP contribution in [0, 0.1) is 0 Å². The van der Waals surface area contributed by atoms with Crippen LogP contribution in [-0.4, -0.2) is 30.7 Å². The number of hydrogen-bond acceptors (Lipinski definition) is 4. The van der Waals surface area contributed by atoms with Gasteiger partial charge < -0.3 is 15.2 Å². The molecule has 0 aliphatic heterocycles. The lowest BCUT2D eigenvalue weighted by Crippen LogP contribution is -2.15.